The third-order valence-electron chi connectivity index (χ3n) is 2.31. The molecule has 0 aliphatic heterocycles. The number of carbonyl (C=O) groups excluding carboxylic acids is 1. The Kier molecular flexibility index (Phi) is 3.75. The molecule has 1 aromatic heterocycles. The predicted molar refractivity (Wildman–Crippen MR) is 72.0 cm³/mol. The first-order valence-corrected chi connectivity index (χ1v) is 6.54. The summed E-state index contributed by atoms with van der Waals surface area (Å²) in [7, 11) is 0. The summed E-state index contributed by atoms with van der Waals surface area (Å²) in [6.45, 7) is 1.90. The molecule has 0 radical (unpaired) electrons. The van der Waals surface area contributed by atoms with Crippen LogP contribution >= 0.6 is 34.5 Å². The molecule has 1 aromatic rings. The molecular formula is C12H9Cl2NOS. The molecule has 2 nitrogen and oxygen atoms in total. The zero-order valence-corrected chi connectivity index (χ0v) is 11.3. The molecule has 1 amide bonds. The van der Waals surface area contributed by atoms with Gasteiger partial charge in [-0.2, -0.15) is 0 Å². The van der Waals surface area contributed by atoms with Gasteiger partial charge in [0.15, 0.2) is 0 Å². The van der Waals surface area contributed by atoms with Crippen LogP contribution in [-0.4, -0.2) is 11.9 Å². The van der Waals surface area contributed by atoms with E-state index in [0.717, 1.165) is 5.57 Å². The molecular weight excluding hydrogens is 277 g/mol. The van der Waals surface area contributed by atoms with Crippen LogP contribution in [0.3, 0.4) is 0 Å². The Hall–Kier alpha value is -0.990. The molecule has 5 heteroatoms. The molecule has 1 aliphatic carbocycles. The maximum absolute atomic E-state index is 11.9. The van der Waals surface area contributed by atoms with Gasteiger partial charge in [-0.1, -0.05) is 29.3 Å². The van der Waals surface area contributed by atoms with Gasteiger partial charge in [-0.25, -0.2) is 0 Å². The summed E-state index contributed by atoms with van der Waals surface area (Å²) < 4.78 is 0.435. The van der Waals surface area contributed by atoms with Crippen molar-refractivity contribution in [3.8, 4) is 0 Å². The van der Waals surface area contributed by atoms with Gasteiger partial charge in [0.1, 0.15) is 4.34 Å². The molecule has 0 unspecified atom stereocenters. The number of halogens is 2. The summed E-state index contributed by atoms with van der Waals surface area (Å²) in [5, 5.41) is 3.27. The molecule has 0 saturated heterocycles. The van der Waals surface area contributed by atoms with Crippen LogP contribution in [0.2, 0.25) is 9.36 Å². The number of thiophene rings is 1. The minimum absolute atomic E-state index is 0.0860. The van der Waals surface area contributed by atoms with Gasteiger partial charge < -0.3 is 5.32 Å². The van der Waals surface area contributed by atoms with E-state index in [1.165, 1.54) is 11.3 Å². The average Bonchev–Trinajstić information content (AvgIpc) is 2.89. The normalized spacial score (nSPS) is 14.9. The number of amides is 1. The first-order chi connectivity index (χ1) is 8.08. The van der Waals surface area contributed by atoms with E-state index < -0.39 is 0 Å². The van der Waals surface area contributed by atoms with E-state index in [9.17, 15) is 4.79 Å². The van der Waals surface area contributed by atoms with Gasteiger partial charge >= 0.3 is 0 Å². The van der Waals surface area contributed by atoms with Crippen molar-refractivity contribution in [1.29, 1.82) is 0 Å². The van der Waals surface area contributed by atoms with E-state index in [4.69, 9.17) is 23.2 Å². The van der Waals surface area contributed by atoms with E-state index in [1.807, 2.05) is 25.2 Å². The van der Waals surface area contributed by atoms with E-state index in [1.54, 1.807) is 6.07 Å². The monoisotopic (exact) mass is 285 g/mol. The summed E-state index contributed by atoms with van der Waals surface area (Å²) in [5.74, 6) is -0.175. The second-order valence-corrected chi connectivity index (χ2v) is 5.61. The standard InChI is InChI=1S/C12H9Cl2NOS/c1-7(8-4-2-3-5-8)15-12(16)10-6-9(13)11(14)17-10/h2-4,6-7H,1H3,(H,15,16)/t7-/m1/s1. The Balaban J connectivity index is 2.07. The molecule has 0 fully saturated rings. The van der Waals surface area contributed by atoms with Gasteiger partial charge in [0, 0.05) is 5.57 Å². The SMILES string of the molecule is C[C@@H](NC(=O)c1cc(Cl)c(Cl)s1)C1=C=CC=C1. The van der Waals surface area contributed by atoms with Gasteiger partial charge in [-0.15, -0.1) is 17.1 Å². The van der Waals surface area contributed by atoms with Crippen molar-refractivity contribution in [3.05, 3.63) is 49.8 Å². The van der Waals surface area contributed by atoms with E-state index in [0.29, 0.717) is 14.2 Å². The molecule has 1 atom stereocenters. The Morgan fingerprint density at radius 2 is 2.29 bits per heavy atom. The predicted octanol–water partition coefficient (Wildman–Crippen LogP) is 3.82. The van der Waals surface area contributed by atoms with Crippen molar-refractivity contribution in [2.45, 2.75) is 13.0 Å². The van der Waals surface area contributed by atoms with Crippen LogP contribution in [0.5, 0.6) is 0 Å². The second kappa shape index (κ2) is 5.11. The zero-order valence-electron chi connectivity index (χ0n) is 8.96. The van der Waals surface area contributed by atoms with Gasteiger partial charge in [-0.3, -0.25) is 4.79 Å². The highest BCUT2D eigenvalue weighted by Crippen LogP contribution is 2.31. The molecule has 0 spiro atoms. The lowest BCUT2D eigenvalue weighted by Crippen LogP contribution is -2.32. The molecule has 0 bridgehead atoms. The lowest BCUT2D eigenvalue weighted by Gasteiger charge is -2.11. The van der Waals surface area contributed by atoms with Crippen molar-refractivity contribution in [2.75, 3.05) is 0 Å². The second-order valence-electron chi connectivity index (χ2n) is 3.55. The lowest BCUT2D eigenvalue weighted by molar-refractivity contribution is 0.0950. The van der Waals surface area contributed by atoms with Crippen LogP contribution in [0.25, 0.3) is 0 Å². The van der Waals surface area contributed by atoms with E-state index >= 15 is 0 Å². The zero-order chi connectivity index (χ0) is 12.4. The van der Waals surface area contributed by atoms with Crippen molar-refractivity contribution in [2.24, 2.45) is 0 Å². The Bertz CT molecular complexity index is 533. The van der Waals surface area contributed by atoms with Crippen LogP contribution in [0.4, 0.5) is 0 Å². The van der Waals surface area contributed by atoms with Crippen molar-refractivity contribution >= 4 is 40.4 Å². The number of nitrogens with one attached hydrogen (secondary N) is 1. The molecule has 0 saturated carbocycles. The highest BCUT2D eigenvalue weighted by Gasteiger charge is 2.16. The molecule has 1 N–H and O–H groups in total. The van der Waals surface area contributed by atoms with E-state index in [-0.39, 0.29) is 11.9 Å². The Morgan fingerprint density at radius 1 is 1.53 bits per heavy atom. The highest BCUT2D eigenvalue weighted by atomic mass is 35.5. The van der Waals surface area contributed by atoms with Crippen LogP contribution in [0.1, 0.15) is 16.6 Å². The third-order valence-corrected chi connectivity index (χ3v) is 4.17. The van der Waals surface area contributed by atoms with Crippen LogP contribution in [0, 0.1) is 0 Å². The van der Waals surface area contributed by atoms with Crippen molar-refractivity contribution in [1.82, 2.24) is 5.32 Å². The Morgan fingerprint density at radius 3 is 2.82 bits per heavy atom. The largest absolute Gasteiger partial charge is 0.344 e. The van der Waals surface area contributed by atoms with Crippen molar-refractivity contribution < 1.29 is 4.79 Å². The number of allylic oxidation sites excluding steroid dienone is 1. The quantitative estimate of drug-likeness (QED) is 0.841. The molecule has 1 aliphatic rings. The number of rotatable bonds is 3. The fraction of sp³-hybridized carbons (Fsp3) is 0.167. The Labute approximate surface area is 113 Å². The first kappa shape index (κ1) is 12.5. The number of carbonyl (C=O) groups is 1. The maximum atomic E-state index is 11.9. The fourth-order valence-corrected chi connectivity index (χ4v) is 2.69. The molecule has 0 aromatic carbocycles. The average molecular weight is 286 g/mol. The van der Waals surface area contributed by atoms with Crippen molar-refractivity contribution in [3.63, 3.8) is 0 Å². The summed E-state index contributed by atoms with van der Waals surface area (Å²) in [5.41, 5.74) is 4.00. The summed E-state index contributed by atoms with van der Waals surface area (Å²) in [6, 6.07) is 1.49. The lowest BCUT2D eigenvalue weighted by atomic mass is 10.1. The smallest absolute Gasteiger partial charge is 0.261 e. The maximum Gasteiger partial charge on any atom is 0.261 e. The minimum atomic E-state index is -0.175. The van der Waals surface area contributed by atoms with E-state index in [2.05, 4.69) is 11.0 Å². The first-order valence-electron chi connectivity index (χ1n) is 4.97. The number of hydrogen-bond acceptors (Lipinski definition) is 2. The molecule has 2 rings (SSSR count). The summed E-state index contributed by atoms with van der Waals surface area (Å²) in [4.78, 5) is 12.4. The molecule has 1 heterocycles. The molecule has 17 heavy (non-hydrogen) atoms. The van der Waals surface area contributed by atoms with Crippen LogP contribution in [0.15, 0.2) is 35.6 Å². The highest BCUT2D eigenvalue weighted by molar-refractivity contribution is 7.18. The van der Waals surface area contributed by atoms with Gasteiger partial charge in [0.2, 0.25) is 0 Å². The van der Waals surface area contributed by atoms with Crippen LogP contribution in [-0.2, 0) is 0 Å². The summed E-state index contributed by atoms with van der Waals surface area (Å²) >= 11 is 12.8. The number of hydrogen-bond donors (Lipinski definition) is 1. The van der Waals surface area contributed by atoms with Gasteiger partial charge in [0.25, 0.3) is 5.91 Å². The fourth-order valence-electron chi connectivity index (χ4n) is 1.42. The minimum Gasteiger partial charge on any atom is -0.344 e. The van der Waals surface area contributed by atoms with Gasteiger partial charge in [0.05, 0.1) is 15.9 Å². The molecule has 88 valence electrons. The topological polar surface area (TPSA) is 29.1 Å². The van der Waals surface area contributed by atoms with Gasteiger partial charge in [-0.05, 0) is 25.1 Å². The summed E-state index contributed by atoms with van der Waals surface area (Å²) in [6.07, 6.45) is 5.62. The third kappa shape index (κ3) is 2.82. The van der Waals surface area contributed by atoms with Crippen LogP contribution < -0.4 is 5.32 Å².